The normalized spacial score (nSPS) is 15.0. The lowest BCUT2D eigenvalue weighted by atomic mass is 10.2. The second-order valence-electron chi connectivity index (χ2n) is 6.25. The van der Waals surface area contributed by atoms with Crippen molar-refractivity contribution in [3.63, 3.8) is 0 Å². The summed E-state index contributed by atoms with van der Waals surface area (Å²) in [5.74, 6) is 0.294. The third-order valence-corrected chi connectivity index (χ3v) is 4.97. The molecule has 6 nitrogen and oxygen atoms in total. The van der Waals surface area contributed by atoms with E-state index in [1.807, 2.05) is 13.8 Å². The molecule has 0 spiro atoms. The number of aromatic nitrogens is 2. The second-order valence-corrected chi connectivity index (χ2v) is 7.25. The highest BCUT2D eigenvalue weighted by Crippen LogP contribution is 2.32. The van der Waals surface area contributed by atoms with Gasteiger partial charge in [-0.1, -0.05) is 11.3 Å². The van der Waals surface area contributed by atoms with Gasteiger partial charge in [0.1, 0.15) is 5.82 Å². The van der Waals surface area contributed by atoms with Gasteiger partial charge in [-0.2, -0.15) is 0 Å². The molecule has 0 radical (unpaired) electrons. The minimum Gasteiger partial charge on any atom is -0.376 e. The van der Waals surface area contributed by atoms with Gasteiger partial charge in [0.15, 0.2) is 5.13 Å². The summed E-state index contributed by atoms with van der Waals surface area (Å²) in [6.45, 7) is 4.95. The first kappa shape index (κ1) is 17.8. The van der Waals surface area contributed by atoms with Gasteiger partial charge in [0.05, 0.1) is 22.9 Å². The Labute approximate surface area is 149 Å². The number of pyridine rings is 1. The Kier molecular flexibility index (Phi) is 5.60. The van der Waals surface area contributed by atoms with Gasteiger partial charge in [-0.3, -0.25) is 10.3 Å². The van der Waals surface area contributed by atoms with Gasteiger partial charge in [-0.25, -0.2) is 14.2 Å². The summed E-state index contributed by atoms with van der Waals surface area (Å²) < 4.78 is 19.0. The molecule has 3 rings (SSSR count). The number of nitrogens with one attached hydrogen (secondary N) is 2. The molecule has 1 aliphatic carbocycles. The molecule has 2 N–H and O–H groups in total. The summed E-state index contributed by atoms with van der Waals surface area (Å²) in [6, 6.07) is 1.07. The molecule has 0 bridgehead atoms. The van der Waals surface area contributed by atoms with Crippen LogP contribution in [0.5, 0.6) is 0 Å². The highest BCUT2D eigenvalue weighted by molar-refractivity contribution is 7.19. The predicted molar refractivity (Wildman–Crippen MR) is 95.2 cm³/mol. The number of halogens is 1. The van der Waals surface area contributed by atoms with Crippen LogP contribution in [-0.4, -0.2) is 35.3 Å². The van der Waals surface area contributed by atoms with E-state index in [2.05, 4.69) is 20.6 Å². The molecule has 1 saturated carbocycles. The molecule has 2 heterocycles. The van der Waals surface area contributed by atoms with E-state index in [9.17, 15) is 9.18 Å². The fourth-order valence-electron chi connectivity index (χ4n) is 2.28. The number of hydrogen-bond donors (Lipinski definition) is 2. The van der Waals surface area contributed by atoms with Gasteiger partial charge in [0.2, 0.25) is 0 Å². The average molecular weight is 364 g/mol. The second kappa shape index (κ2) is 7.88. The van der Waals surface area contributed by atoms with Crippen molar-refractivity contribution in [3.8, 4) is 10.4 Å². The first-order valence-corrected chi connectivity index (χ1v) is 9.07. The highest BCUT2D eigenvalue weighted by Gasteiger charge is 2.22. The van der Waals surface area contributed by atoms with E-state index >= 15 is 0 Å². The molecule has 0 aromatic carbocycles. The number of carbonyl (C=O) groups excluding carboxylic acids is 1. The number of rotatable bonds is 7. The monoisotopic (exact) mass is 364 g/mol. The van der Waals surface area contributed by atoms with Crippen LogP contribution < -0.4 is 10.6 Å². The fraction of sp³-hybridized carbons (Fsp3) is 0.471. The van der Waals surface area contributed by atoms with Gasteiger partial charge in [-0.05, 0) is 38.7 Å². The summed E-state index contributed by atoms with van der Waals surface area (Å²) in [5.41, 5.74) is 1.36. The van der Waals surface area contributed by atoms with E-state index in [1.165, 1.54) is 30.2 Å². The summed E-state index contributed by atoms with van der Waals surface area (Å²) in [5, 5.41) is 5.94. The van der Waals surface area contributed by atoms with Gasteiger partial charge >= 0.3 is 6.03 Å². The Morgan fingerprint density at radius 2 is 2.28 bits per heavy atom. The maximum absolute atomic E-state index is 13.3. The van der Waals surface area contributed by atoms with Crippen LogP contribution >= 0.6 is 11.3 Å². The van der Waals surface area contributed by atoms with Gasteiger partial charge in [0.25, 0.3) is 0 Å². The topological polar surface area (TPSA) is 76.1 Å². The summed E-state index contributed by atoms with van der Waals surface area (Å²) in [6.07, 6.45) is 5.18. The molecule has 1 aliphatic rings. The molecular weight excluding hydrogens is 343 g/mol. The van der Waals surface area contributed by atoms with Crippen molar-refractivity contribution in [2.75, 3.05) is 18.5 Å². The lowest BCUT2D eigenvalue weighted by Crippen LogP contribution is -2.35. The SMILES string of the molecule is Cc1nc(NC(=O)NC[C@H](C)OCC2CC2)sc1-c1cncc(F)c1. The molecule has 0 aliphatic heterocycles. The lowest BCUT2D eigenvalue weighted by Gasteiger charge is -2.13. The highest BCUT2D eigenvalue weighted by atomic mass is 32.1. The predicted octanol–water partition coefficient (Wildman–Crippen LogP) is 3.59. The van der Waals surface area contributed by atoms with E-state index in [0.29, 0.717) is 28.9 Å². The number of ether oxygens (including phenoxy) is 1. The largest absolute Gasteiger partial charge is 0.376 e. The van der Waals surface area contributed by atoms with Crippen molar-refractivity contribution < 1.29 is 13.9 Å². The van der Waals surface area contributed by atoms with Crippen molar-refractivity contribution in [1.29, 1.82) is 0 Å². The average Bonchev–Trinajstić information content (AvgIpc) is 3.33. The Morgan fingerprint density at radius 1 is 1.48 bits per heavy atom. The minimum atomic E-state index is -0.405. The smallest absolute Gasteiger partial charge is 0.321 e. The van der Waals surface area contributed by atoms with Crippen LogP contribution in [0.4, 0.5) is 14.3 Å². The standard InChI is InChI=1S/C17H21FN4O2S/c1-10(24-9-12-3-4-12)6-20-16(23)22-17-21-11(2)15(25-17)13-5-14(18)8-19-7-13/h5,7-8,10,12H,3-4,6,9H2,1-2H3,(H2,20,21,22,23)/t10-/m0/s1. The molecule has 2 aromatic heterocycles. The van der Waals surface area contributed by atoms with Crippen LogP contribution in [0.2, 0.25) is 0 Å². The van der Waals surface area contributed by atoms with Crippen molar-refractivity contribution in [2.45, 2.75) is 32.8 Å². The first-order chi connectivity index (χ1) is 12.0. The number of hydrogen-bond acceptors (Lipinski definition) is 5. The van der Waals surface area contributed by atoms with E-state index in [0.717, 1.165) is 17.7 Å². The van der Waals surface area contributed by atoms with Crippen LogP contribution in [0.1, 0.15) is 25.5 Å². The molecule has 2 aromatic rings. The van der Waals surface area contributed by atoms with Gasteiger partial charge < -0.3 is 10.1 Å². The Morgan fingerprint density at radius 3 is 3.00 bits per heavy atom. The Balaban J connectivity index is 1.52. The molecule has 134 valence electrons. The zero-order valence-corrected chi connectivity index (χ0v) is 15.0. The maximum atomic E-state index is 13.3. The van der Waals surface area contributed by atoms with Crippen LogP contribution in [0.3, 0.4) is 0 Å². The summed E-state index contributed by atoms with van der Waals surface area (Å²) in [7, 11) is 0. The van der Waals surface area contributed by atoms with Crippen LogP contribution in [-0.2, 0) is 4.74 Å². The molecule has 25 heavy (non-hydrogen) atoms. The van der Waals surface area contributed by atoms with E-state index in [-0.39, 0.29) is 12.1 Å². The Bertz CT molecular complexity index is 748. The van der Waals surface area contributed by atoms with Crippen LogP contribution in [0, 0.1) is 18.7 Å². The van der Waals surface area contributed by atoms with Crippen LogP contribution in [0.15, 0.2) is 18.5 Å². The van der Waals surface area contributed by atoms with E-state index < -0.39 is 5.82 Å². The van der Waals surface area contributed by atoms with Gasteiger partial charge in [-0.15, -0.1) is 0 Å². The van der Waals surface area contributed by atoms with Crippen molar-refractivity contribution >= 4 is 22.5 Å². The van der Waals surface area contributed by atoms with Gasteiger partial charge in [0, 0.05) is 24.9 Å². The summed E-state index contributed by atoms with van der Waals surface area (Å²) in [4.78, 5) is 20.9. The van der Waals surface area contributed by atoms with Crippen LogP contribution in [0.25, 0.3) is 10.4 Å². The minimum absolute atomic E-state index is 0.0293. The molecule has 0 unspecified atom stereocenters. The third kappa shape index (κ3) is 5.20. The lowest BCUT2D eigenvalue weighted by molar-refractivity contribution is 0.0601. The third-order valence-electron chi connectivity index (χ3n) is 3.85. The van der Waals surface area contributed by atoms with Crippen molar-refractivity contribution in [3.05, 3.63) is 30.0 Å². The Hall–Kier alpha value is -2.06. The van der Waals surface area contributed by atoms with Crippen molar-refractivity contribution in [2.24, 2.45) is 5.92 Å². The van der Waals surface area contributed by atoms with Crippen molar-refractivity contribution in [1.82, 2.24) is 15.3 Å². The quantitative estimate of drug-likeness (QED) is 0.787. The summed E-state index contributed by atoms with van der Waals surface area (Å²) >= 11 is 1.29. The maximum Gasteiger partial charge on any atom is 0.321 e. The first-order valence-electron chi connectivity index (χ1n) is 8.26. The zero-order chi connectivity index (χ0) is 17.8. The molecule has 8 heteroatoms. The number of urea groups is 1. The number of thiazole rings is 1. The fourth-order valence-corrected chi connectivity index (χ4v) is 3.22. The molecular formula is C17H21FN4O2S. The molecule has 1 atom stereocenters. The number of amides is 2. The van der Waals surface area contributed by atoms with E-state index in [1.54, 1.807) is 6.20 Å². The number of aryl methyl sites for hydroxylation is 1. The zero-order valence-electron chi connectivity index (χ0n) is 14.2. The number of anilines is 1. The molecule has 1 fully saturated rings. The molecule has 2 amide bonds. The molecule has 0 saturated heterocycles. The number of nitrogens with zero attached hydrogens (tertiary/aromatic N) is 2. The van der Waals surface area contributed by atoms with E-state index in [4.69, 9.17) is 4.74 Å². The number of carbonyl (C=O) groups is 1.